The molecule has 0 atom stereocenters. The van der Waals surface area contributed by atoms with Crippen molar-refractivity contribution in [1.29, 1.82) is 0 Å². The highest BCUT2D eigenvalue weighted by atomic mass is 79.9. The summed E-state index contributed by atoms with van der Waals surface area (Å²) in [7, 11) is 0. The van der Waals surface area contributed by atoms with E-state index in [1.54, 1.807) is 6.33 Å². The number of aromatic nitrogens is 2. The molecule has 29 heavy (non-hydrogen) atoms. The van der Waals surface area contributed by atoms with E-state index in [2.05, 4.69) is 67.3 Å². The number of halogens is 1. The van der Waals surface area contributed by atoms with Crippen molar-refractivity contribution in [2.45, 2.75) is 6.92 Å². The number of hydrogen-bond acceptors (Lipinski definition) is 4. The maximum atomic E-state index is 12.5. The average molecular weight is 452 g/mol. The van der Waals surface area contributed by atoms with Crippen molar-refractivity contribution in [2.75, 3.05) is 36.4 Å². The second kappa shape index (κ2) is 8.61. The van der Waals surface area contributed by atoms with Gasteiger partial charge in [-0.05, 0) is 25.1 Å². The van der Waals surface area contributed by atoms with Gasteiger partial charge in [0.05, 0.1) is 5.69 Å². The Morgan fingerprint density at radius 1 is 1.00 bits per heavy atom. The number of urea groups is 1. The number of nitrogens with one attached hydrogen (secondary N) is 1. The molecule has 1 aliphatic rings. The Morgan fingerprint density at radius 3 is 2.48 bits per heavy atom. The molecule has 6 nitrogen and oxygen atoms in total. The molecule has 2 amide bonds. The van der Waals surface area contributed by atoms with Crippen LogP contribution in [0.5, 0.6) is 0 Å². The zero-order valence-electron chi connectivity index (χ0n) is 16.2. The first kappa shape index (κ1) is 19.4. The predicted molar refractivity (Wildman–Crippen MR) is 119 cm³/mol. The van der Waals surface area contributed by atoms with Crippen molar-refractivity contribution in [3.63, 3.8) is 0 Å². The Hall–Kier alpha value is -2.93. The first-order valence-electron chi connectivity index (χ1n) is 9.54. The van der Waals surface area contributed by atoms with Crippen LogP contribution in [0.4, 0.5) is 16.3 Å². The van der Waals surface area contributed by atoms with Crippen molar-refractivity contribution in [3.8, 4) is 11.3 Å². The summed E-state index contributed by atoms with van der Waals surface area (Å²) < 4.78 is 0.938. The molecule has 1 saturated heterocycles. The van der Waals surface area contributed by atoms with Crippen LogP contribution in [0.3, 0.4) is 0 Å². The molecule has 4 rings (SSSR count). The molecule has 0 spiro atoms. The summed E-state index contributed by atoms with van der Waals surface area (Å²) in [5.41, 5.74) is 3.99. The number of aryl methyl sites for hydroxylation is 1. The molecule has 2 aromatic carbocycles. The molecule has 2 heterocycles. The largest absolute Gasteiger partial charge is 0.353 e. The Balaban J connectivity index is 1.39. The van der Waals surface area contributed by atoms with Crippen LogP contribution < -0.4 is 10.2 Å². The lowest BCUT2D eigenvalue weighted by atomic mass is 10.1. The van der Waals surface area contributed by atoms with Crippen molar-refractivity contribution >= 4 is 33.5 Å². The van der Waals surface area contributed by atoms with Gasteiger partial charge in [0.25, 0.3) is 0 Å². The molecule has 7 heteroatoms. The first-order chi connectivity index (χ1) is 14.1. The van der Waals surface area contributed by atoms with Crippen LogP contribution in [-0.4, -0.2) is 47.1 Å². The van der Waals surface area contributed by atoms with Gasteiger partial charge in [0.2, 0.25) is 0 Å². The topological polar surface area (TPSA) is 61.4 Å². The number of piperazine rings is 1. The zero-order valence-corrected chi connectivity index (χ0v) is 17.8. The maximum Gasteiger partial charge on any atom is 0.321 e. The highest BCUT2D eigenvalue weighted by Gasteiger charge is 2.22. The van der Waals surface area contributed by atoms with E-state index in [1.165, 1.54) is 5.56 Å². The van der Waals surface area contributed by atoms with Gasteiger partial charge >= 0.3 is 6.03 Å². The van der Waals surface area contributed by atoms with E-state index < -0.39 is 0 Å². The van der Waals surface area contributed by atoms with E-state index in [1.807, 2.05) is 35.2 Å². The third-order valence-corrected chi connectivity index (χ3v) is 5.46. The van der Waals surface area contributed by atoms with Gasteiger partial charge in [-0.2, -0.15) is 0 Å². The van der Waals surface area contributed by atoms with Gasteiger partial charge in [-0.3, -0.25) is 0 Å². The summed E-state index contributed by atoms with van der Waals surface area (Å²) in [4.78, 5) is 25.4. The minimum Gasteiger partial charge on any atom is -0.353 e. The van der Waals surface area contributed by atoms with E-state index >= 15 is 0 Å². The Bertz CT molecular complexity index is 1000. The van der Waals surface area contributed by atoms with E-state index in [0.717, 1.165) is 40.3 Å². The molecule has 0 saturated carbocycles. The molecule has 0 bridgehead atoms. The lowest BCUT2D eigenvalue weighted by Crippen LogP contribution is -2.50. The minimum atomic E-state index is -0.0780. The van der Waals surface area contributed by atoms with Gasteiger partial charge in [0.15, 0.2) is 0 Å². The van der Waals surface area contributed by atoms with Crippen molar-refractivity contribution < 1.29 is 4.79 Å². The van der Waals surface area contributed by atoms with Crippen LogP contribution >= 0.6 is 15.9 Å². The number of hydrogen-bond donors (Lipinski definition) is 1. The third-order valence-electron chi connectivity index (χ3n) is 4.97. The van der Waals surface area contributed by atoms with Gasteiger partial charge in [0.1, 0.15) is 12.1 Å². The summed E-state index contributed by atoms with van der Waals surface area (Å²) in [5.74, 6) is 0.891. The second-order valence-electron chi connectivity index (χ2n) is 7.04. The van der Waals surface area contributed by atoms with Crippen molar-refractivity contribution in [2.24, 2.45) is 0 Å². The lowest BCUT2D eigenvalue weighted by Gasteiger charge is -2.35. The molecular weight excluding hydrogens is 430 g/mol. The lowest BCUT2D eigenvalue weighted by molar-refractivity contribution is 0.208. The summed E-state index contributed by atoms with van der Waals surface area (Å²) in [6.45, 7) is 4.82. The fraction of sp³-hybridized carbons (Fsp3) is 0.227. The normalized spacial score (nSPS) is 14.0. The van der Waals surface area contributed by atoms with Gasteiger partial charge in [-0.15, -0.1) is 0 Å². The SMILES string of the molecule is Cc1ccc(-c2cc(N3CCN(C(=O)Nc4cccc(Br)c4)CC3)ncn2)cc1. The summed E-state index contributed by atoms with van der Waals surface area (Å²) in [5, 5.41) is 2.96. The number of anilines is 2. The molecule has 0 aliphatic carbocycles. The number of nitrogens with zero attached hydrogens (tertiary/aromatic N) is 4. The molecule has 1 fully saturated rings. The average Bonchev–Trinajstić information content (AvgIpc) is 2.74. The second-order valence-corrected chi connectivity index (χ2v) is 7.96. The summed E-state index contributed by atoms with van der Waals surface area (Å²) in [6, 6.07) is 17.9. The van der Waals surface area contributed by atoms with E-state index in [9.17, 15) is 4.79 Å². The molecule has 3 aromatic rings. The molecule has 0 radical (unpaired) electrons. The third kappa shape index (κ3) is 4.74. The number of amides is 2. The highest BCUT2D eigenvalue weighted by Crippen LogP contribution is 2.22. The van der Waals surface area contributed by atoms with Crippen LogP contribution in [0.25, 0.3) is 11.3 Å². The molecule has 1 aliphatic heterocycles. The van der Waals surface area contributed by atoms with Crippen LogP contribution in [-0.2, 0) is 0 Å². The first-order valence-corrected chi connectivity index (χ1v) is 10.3. The Morgan fingerprint density at radius 2 is 1.76 bits per heavy atom. The van der Waals surface area contributed by atoms with Gasteiger partial charge < -0.3 is 15.1 Å². The summed E-state index contributed by atoms with van der Waals surface area (Å²) >= 11 is 3.42. The summed E-state index contributed by atoms with van der Waals surface area (Å²) in [6.07, 6.45) is 1.61. The maximum absolute atomic E-state index is 12.5. The number of carbonyl (C=O) groups is 1. The predicted octanol–water partition coefficient (Wildman–Crippen LogP) is 4.57. The van der Waals surface area contributed by atoms with Crippen LogP contribution in [0, 0.1) is 6.92 Å². The monoisotopic (exact) mass is 451 g/mol. The van der Waals surface area contributed by atoms with Gasteiger partial charge in [-0.25, -0.2) is 14.8 Å². The smallest absolute Gasteiger partial charge is 0.321 e. The van der Waals surface area contributed by atoms with Crippen molar-refractivity contribution in [1.82, 2.24) is 14.9 Å². The van der Waals surface area contributed by atoms with Crippen LogP contribution in [0.15, 0.2) is 65.4 Å². The van der Waals surface area contributed by atoms with Crippen molar-refractivity contribution in [3.05, 3.63) is 71.0 Å². The van der Waals surface area contributed by atoms with Crippen LogP contribution in [0.2, 0.25) is 0 Å². The molecule has 148 valence electrons. The fourth-order valence-electron chi connectivity index (χ4n) is 3.31. The van der Waals surface area contributed by atoms with E-state index in [-0.39, 0.29) is 6.03 Å². The minimum absolute atomic E-state index is 0.0780. The van der Waals surface area contributed by atoms with Crippen LogP contribution in [0.1, 0.15) is 5.56 Å². The van der Waals surface area contributed by atoms with E-state index in [0.29, 0.717) is 13.1 Å². The van der Waals surface area contributed by atoms with E-state index in [4.69, 9.17) is 0 Å². The zero-order chi connectivity index (χ0) is 20.2. The van der Waals surface area contributed by atoms with Gasteiger partial charge in [-0.1, -0.05) is 51.8 Å². The quantitative estimate of drug-likeness (QED) is 0.633. The molecule has 0 unspecified atom stereocenters. The number of carbonyl (C=O) groups excluding carboxylic acids is 1. The highest BCUT2D eigenvalue weighted by molar-refractivity contribution is 9.10. The standard InChI is InChI=1S/C22H22BrN5O/c1-16-5-7-17(8-6-16)20-14-21(25-15-24-20)27-9-11-28(12-10-27)22(29)26-19-4-2-3-18(23)13-19/h2-8,13-15H,9-12H2,1H3,(H,26,29). The molecular formula is C22H22BrN5O. The Kier molecular flexibility index (Phi) is 5.76. The number of benzene rings is 2. The Labute approximate surface area is 178 Å². The molecule has 1 aromatic heterocycles. The number of rotatable bonds is 3. The van der Waals surface area contributed by atoms with Gasteiger partial charge in [0, 0.05) is 48.0 Å². The molecule has 1 N–H and O–H groups in total. The fourth-order valence-corrected chi connectivity index (χ4v) is 3.71.